The second-order valence-electron chi connectivity index (χ2n) is 4.36. The zero-order chi connectivity index (χ0) is 9.68. The molecule has 1 aliphatic rings. The number of rotatable bonds is 5. The van der Waals surface area contributed by atoms with Crippen molar-refractivity contribution in [3.63, 3.8) is 0 Å². The maximum Gasteiger partial charge on any atom is 0.0104 e. The van der Waals surface area contributed by atoms with Crippen LogP contribution in [0.3, 0.4) is 0 Å². The van der Waals surface area contributed by atoms with Crippen molar-refractivity contribution < 1.29 is 0 Å². The lowest BCUT2D eigenvalue weighted by molar-refractivity contribution is 0.328. The van der Waals surface area contributed by atoms with Crippen molar-refractivity contribution in [3.05, 3.63) is 0 Å². The second kappa shape index (κ2) is 5.61. The van der Waals surface area contributed by atoms with Crippen molar-refractivity contribution in [1.82, 2.24) is 10.2 Å². The third-order valence-corrected chi connectivity index (χ3v) is 3.30. The predicted octanol–water partition coefficient (Wildman–Crippen LogP) is 1.72. The second-order valence-corrected chi connectivity index (χ2v) is 4.36. The smallest absolute Gasteiger partial charge is 0.0104 e. The number of likely N-dealkylation sites (N-methyl/N-ethyl adjacent to an activating group) is 1. The molecule has 1 fully saturated rings. The summed E-state index contributed by atoms with van der Waals surface area (Å²) in [6.45, 7) is 8.06. The molecule has 0 amide bonds. The summed E-state index contributed by atoms with van der Waals surface area (Å²) in [6, 6.07) is 0.797. The van der Waals surface area contributed by atoms with Crippen LogP contribution in [0.4, 0.5) is 0 Å². The normalized spacial score (nSPS) is 28.6. The molecule has 2 nitrogen and oxygen atoms in total. The molecule has 0 aliphatic heterocycles. The fourth-order valence-corrected chi connectivity index (χ4v) is 2.05. The average molecular weight is 184 g/mol. The highest BCUT2D eigenvalue weighted by molar-refractivity contribution is 4.80. The van der Waals surface area contributed by atoms with E-state index in [4.69, 9.17) is 0 Å². The Morgan fingerprint density at radius 2 is 2.15 bits per heavy atom. The summed E-state index contributed by atoms with van der Waals surface area (Å²) in [5.74, 6) is 0.895. The van der Waals surface area contributed by atoms with Gasteiger partial charge in [0.1, 0.15) is 0 Å². The lowest BCUT2D eigenvalue weighted by Gasteiger charge is -2.20. The molecule has 78 valence electrons. The first kappa shape index (κ1) is 11.0. The molecule has 1 saturated carbocycles. The van der Waals surface area contributed by atoms with E-state index in [0.29, 0.717) is 0 Å². The summed E-state index contributed by atoms with van der Waals surface area (Å²) in [5, 5.41) is 3.65. The molecule has 0 aromatic rings. The first-order chi connectivity index (χ1) is 6.24. The van der Waals surface area contributed by atoms with Crippen LogP contribution in [0, 0.1) is 5.92 Å². The van der Waals surface area contributed by atoms with E-state index < -0.39 is 0 Å². The minimum absolute atomic E-state index is 0.797. The van der Waals surface area contributed by atoms with Gasteiger partial charge in [-0.15, -0.1) is 0 Å². The highest BCUT2D eigenvalue weighted by Crippen LogP contribution is 2.24. The van der Waals surface area contributed by atoms with Crippen LogP contribution in [0.5, 0.6) is 0 Å². The van der Waals surface area contributed by atoms with Gasteiger partial charge in [-0.25, -0.2) is 0 Å². The van der Waals surface area contributed by atoms with E-state index in [0.717, 1.165) is 25.0 Å². The van der Waals surface area contributed by atoms with E-state index in [2.05, 4.69) is 31.1 Å². The first-order valence-corrected chi connectivity index (χ1v) is 5.66. The lowest BCUT2D eigenvalue weighted by Crippen LogP contribution is -2.37. The molecule has 0 radical (unpaired) electrons. The van der Waals surface area contributed by atoms with E-state index in [9.17, 15) is 0 Å². The maximum atomic E-state index is 3.65. The maximum absolute atomic E-state index is 3.65. The summed E-state index contributed by atoms with van der Waals surface area (Å²) in [6.07, 6.45) is 4.22. The number of nitrogens with one attached hydrogen (secondary N) is 1. The molecule has 0 bridgehead atoms. The van der Waals surface area contributed by atoms with Gasteiger partial charge in [0.25, 0.3) is 0 Å². The number of nitrogens with zero attached hydrogens (tertiary/aromatic N) is 1. The van der Waals surface area contributed by atoms with Crippen molar-refractivity contribution in [3.8, 4) is 0 Å². The Bertz CT molecular complexity index is 136. The SMILES string of the molecule is CCN(C)CCNC1CCCC1C. The molecule has 1 aliphatic carbocycles. The van der Waals surface area contributed by atoms with Gasteiger partial charge in [0, 0.05) is 19.1 Å². The molecule has 0 aromatic heterocycles. The Hall–Kier alpha value is -0.0800. The van der Waals surface area contributed by atoms with Crippen molar-refractivity contribution >= 4 is 0 Å². The van der Waals surface area contributed by atoms with Gasteiger partial charge >= 0.3 is 0 Å². The predicted molar refractivity (Wildman–Crippen MR) is 58.0 cm³/mol. The third kappa shape index (κ3) is 3.65. The molecular weight excluding hydrogens is 160 g/mol. The Kier molecular flexibility index (Phi) is 4.74. The van der Waals surface area contributed by atoms with Gasteiger partial charge in [-0.2, -0.15) is 0 Å². The molecule has 0 spiro atoms. The zero-order valence-electron chi connectivity index (χ0n) is 9.34. The van der Waals surface area contributed by atoms with Crippen LogP contribution in [0.25, 0.3) is 0 Å². The molecule has 1 rings (SSSR count). The molecule has 0 saturated heterocycles. The lowest BCUT2D eigenvalue weighted by atomic mass is 10.1. The largest absolute Gasteiger partial charge is 0.312 e. The first-order valence-electron chi connectivity index (χ1n) is 5.66. The van der Waals surface area contributed by atoms with Gasteiger partial charge < -0.3 is 10.2 Å². The fraction of sp³-hybridized carbons (Fsp3) is 1.00. The Morgan fingerprint density at radius 3 is 2.69 bits per heavy atom. The number of hydrogen-bond donors (Lipinski definition) is 1. The van der Waals surface area contributed by atoms with Crippen molar-refractivity contribution in [1.29, 1.82) is 0 Å². The molecule has 0 aromatic carbocycles. The van der Waals surface area contributed by atoms with Crippen LogP contribution in [-0.4, -0.2) is 37.6 Å². The van der Waals surface area contributed by atoms with Crippen LogP contribution in [0.15, 0.2) is 0 Å². The van der Waals surface area contributed by atoms with Gasteiger partial charge in [0.15, 0.2) is 0 Å². The molecule has 13 heavy (non-hydrogen) atoms. The molecule has 2 heteroatoms. The van der Waals surface area contributed by atoms with Gasteiger partial charge in [0.05, 0.1) is 0 Å². The summed E-state index contributed by atoms with van der Waals surface area (Å²) < 4.78 is 0. The third-order valence-electron chi connectivity index (χ3n) is 3.30. The van der Waals surface area contributed by atoms with Gasteiger partial charge in [-0.3, -0.25) is 0 Å². The quantitative estimate of drug-likeness (QED) is 0.700. The Balaban J connectivity index is 2.05. The molecule has 2 unspecified atom stereocenters. The molecule has 0 heterocycles. The molecule has 1 N–H and O–H groups in total. The highest BCUT2D eigenvalue weighted by atomic mass is 15.1. The van der Waals surface area contributed by atoms with Crippen LogP contribution in [-0.2, 0) is 0 Å². The summed E-state index contributed by atoms with van der Waals surface area (Å²) >= 11 is 0. The van der Waals surface area contributed by atoms with Gasteiger partial charge in [-0.1, -0.05) is 20.3 Å². The molecular formula is C11H24N2. The standard InChI is InChI=1S/C11H24N2/c1-4-13(3)9-8-12-11-7-5-6-10(11)2/h10-12H,4-9H2,1-3H3. The Labute approximate surface area is 82.7 Å². The van der Waals surface area contributed by atoms with Crippen LogP contribution < -0.4 is 5.32 Å². The monoisotopic (exact) mass is 184 g/mol. The van der Waals surface area contributed by atoms with Crippen LogP contribution in [0.2, 0.25) is 0 Å². The van der Waals surface area contributed by atoms with Crippen molar-refractivity contribution in [2.24, 2.45) is 5.92 Å². The van der Waals surface area contributed by atoms with Crippen molar-refractivity contribution in [2.45, 2.75) is 39.2 Å². The summed E-state index contributed by atoms with van der Waals surface area (Å²) in [4.78, 5) is 2.35. The fourth-order valence-electron chi connectivity index (χ4n) is 2.05. The van der Waals surface area contributed by atoms with Gasteiger partial charge in [-0.05, 0) is 32.4 Å². The minimum Gasteiger partial charge on any atom is -0.312 e. The summed E-state index contributed by atoms with van der Waals surface area (Å²) in [5.41, 5.74) is 0. The van der Waals surface area contributed by atoms with E-state index in [1.807, 2.05) is 0 Å². The van der Waals surface area contributed by atoms with Crippen LogP contribution in [0.1, 0.15) is 33.1 Å². The molecule has 2 atom stereocenters. The van der Waals surface area contributed by atoms with E-state index >= 15 is 0 Å². The topological polar surface area (TPSA) is 15.3 Å². The van der Waals surface area contributed by atoms with E-state index in [1.165, 1.54) is 25.8 Å². The Morgan fingerprint density at radius 1 is 1.38 bits per heavy atom. The van der Waals surface area contributed by atoms with Crippen molar-refractivity contribution in [2.75, 3.05) is 26.7 Å². The summed E-state index contributed by atoms with van der Waals surface area (Å²) in [7, 11) is 2.18. The number of hydrogen-bond acceptors (Lipinski definition) is 2. The minimum atomic E-state index is 0.797. The van der Waals surface area contributed by atoms with E-state index in [-0.39, 0.29) is 0 Å². The van der Waals surface area contributed by atoms with Gasteiger partial charge in [0.2, 0.25) is 0 Å². The highest BCUT2D eigenvalue weighted by Gasteiger charge is 2.22. The van der Waals surface area contributed by atoms with Crippen LogP contribution >= 0.6 is 0 Å². The average Bonchev–Trinajstić information content (AvgIpc) is 2.52. The van der Waals surface area contributed by atoms with E-state index in [1.54, 1.807) is 0 Å². The zero-order valence-corrected chi connectivity index (χ0v) is 9.34.